The molecule has 0 heterocycles. The minimum Gasteiger partial charge on any atom is -0.497 e. The van der Waals surface area contributed by atoms with Crippen molar-refractivity contribution >= 4 is 11.9 Å². The van der Waals surface area contributed by atoms with Crippen LogP contribution in [0.1, 0.15) is 36.8 Å². The number of carbonyl (C=O) groups is 2. The second-order valence-electron chi connectivity index (χ2n) is 5.64. The Bertz CT molecular complexity index is 709. The molecule has 2 aromatic carbocycles. The van der Waals surface area contributed by atoms with Gasteiger partial charge in [0.05, 0.1) is 32.2 Å². The monoisotopic (exact) mass is 356 g/mol. The molecule has 2 aromatic rings. The zero-order valence-corrected chi connectivity index (χ0v) is 15.3. The summed E-state index contributed by atoms with van der Waals surface area (Å²) in [6.45, 7) is 3.95. The van der Waals surface area contributed by atoms with Crippen LogP contribution in [0.3, 0.4) is 0 Å². The van der Waals surface area contributed by atoms with Crippen LogP contribution < -0.4 is 4.74 Å². The van der Waals surface area contributed by atoms with Gasteiger partial charge in [-0.25, -0.2) is 0 Å². The van der Waals surface area contributed by atoms with Gasteiger partial charge in [0, 0.05) is 0 Å². The van der Waals surface area contributed by atoms with Crippen LogP contribution in [0.2, 0.25) is 0 Å². The summed E-state index contributed by atoms with van der Waals surface area (Å²) in [7, 11) is 1.57. The van der Waals surface area contributed by atoms with E-state index in [2.05, 4.69) is 0 Å². The third-order valence-electron chi connectivity index (χ3n) is 4.05. The van der Waals surface area contributed by atoms with Gasteiger partial charge in [-0.15, -0.1) is 0 Å². The average Bonchev–Trinajstić information content (AvgIpc) is 2.67. The Labute approximate surface area is 153 Å². The molecule has 0 N–H and O–H groups in total. The maximum Gasteiger partial charge on any atom is 0.314 e. The first kappa shape index (κ1) is 19.5. The molecule has 5 heteroatoms. The van der Waals surface area contributed by atoms with Gasteiger partial charge in [-0.3, -0.25) is 9.59 Å². The van der Waals surface area contributed by atoms with Gasteiger partial charge in [-0.2, -0.15) is 0 Å². The molecule has 0 spiro atoms. The van der Waals surface area contributed by atoms with E-state index in [0.717, 1.165) is 0 Å². The van der Waals surface area contributed by atoms with Crippen LogP contribution in [0, 0.1) is 0 Å². The Morgan fingerprint density at radius 2 is 1.23 bits per heavy atom. The number of hydrogen-bond acceptors (Lipinski definition) is 5. The molecule has 0 saturated heterocycles. The Morgan fingerprint density at radius 3 is 1.65 bits per heavy atom. The first-order chi connectivity index (χ1) is 12.6. The maximum absolute atomic E-state index is 12.8. The smallest absolute Gasteiger partial charge is 0.314 e. The number of ether oxygens (including phenoxy) is 3. The summed E-state index contributed by atoms with van der Waals surface area (Å²) < 4.78 is 15.7. The summed E-state index contributed by atoms with van der Waals surface area (Å²) in [5.74, 6) is -1.83. The third-order valence-corrected chi connectivity index (χ3v) is 4.05. The molecule has 0 saturated carbocycles. The van der Waals surface area contributed by atoms with Gasteiger partial charge in [0.1, 0.15) is 5.75 Å². The Balaban J connectivity index is 2.53. The van der Waals surface area contributed by atoms with E-state index in [-0.39, 0.29) is 13.2 Å². The van der Waals surface area contributed by atoms with Gasteiger partial charge in [-0.1, -0.05) is 42.5 Å². The maximum atomic E-state index is 12.8. The van der Waals surface area contributed by atoms with Crippen LogP contribution in [-0.2, 0) is 19.1 Å². The summed E-state index contributed by atoms with van der Waals surface area (Å²) in [5.41, 5.74) is 1.38. The fraction of sp³-hybridized carbons (Fsp3) is 0.333. The highest BCUT2D eigenvalue weighted by Crippen LogP contribution is 2.36. The number of rotatable bonds is 8. The second kappa shape index (κ2) is 9.61. The first-order valence-electron chi connectivity index (χ1n) is 8.64. The van der Waals surface area contributed by atoms with Gasteiger partial charge in [-0.05, 0) is 37.1 Å². The highest BCUT2D eigenvalue weighted by Gasteiger charge is 2.38. The molecule has 5 nitrogen and oxygen atoms in total. The van der Waals surface area contributed by atoms with Crippen LogP contribution in [-0.4, -0.2) is 32.3 Å². The molecule has 0 aromatic heterocycles. The molecule has 0 fully saturated rings. The van der Waals surface area contributed by atoms with Crippen molar-refractivity contribution in [3.05, 3.63) is 65.7 Å². The van der Waals surface area contributed by atoms with E-state index < -0.39 is 23.8 Å². The topological polar surface area (TPSA) is 61.8 Å². The van der Waals surface area contributed by atoms with E-state index >= 15 is 0 Å². The van der Waals surface area contributed by atoms with Gasteiger partial charge < -0.3 is 14.2 Å². The molecule has 0 bridgehead atoms. The zero-order chi connectivity index (χ0) is 18.9. The molecule has 0 unspecified atom stereocenters. The molecular formula is C21H24O5. The molecule has 0 aliphatic rings. The Hall–Kier alpha value is -2.82. The molecule has 0 amide bonds. The van der Waals surface area contributed by atoms with Gasteiger partial charge in [0.15, 0.2) is 0 Å². The summed E-state index contributed by atoms with van der Waals surface area (Å²) in [6.07, 6.45) is 0. The minimum absolute atomic E-state index is 0.232. The predicted molar refractivity (Wildman–Crippen MR) is 98.2 cm³/mol. The number of esters is 2. The Morgan fingerprint density at radius 1 is 0.769 bits per heavy atom. The summed E-state index contributed by atoms with van der Waals surface area (Å²) in [5, 5.41) is 0. The highest BCUT2D eigenvalue weighted by molar-refractivity contribution is 5.90. The molecule has 0 aliphatic carbocycles. The van der Waals surface area contributed by atoms with Crippen molar-refractivity contribution in [2.24, 2.45) is 0 Å². The standard InChI is InChI=1S/C21H24O5/c1-4-25-20(22)18(15-9-7-6-8-10-15)19(21(23)26-5-2)16-11-13-17(24-3)14-12-16/h6-14,18-19H,4-5H2,1-3H3/t18-,19+/m0/s1. The van der Waals surface area contributed by atoms with Crippen LogP contribution in [0.4, 0.5) is 0 Å². The van der Waals surface area contributed by atoms with Crippen molar-refractivity contribution in [2.75, 3.05) is 20.3 Å². The van der Waals surface area contributed by atoms with Crippen LogP contribution in [0.25, 0.3) is 0 Å². The zero-order valence-electron chi connectivity index (χ0n) is 15.3. The fourth-order valence-electron chi connectivity index (χ4n) is 2.86. The van der Waals surface area contributed by atoms with Crippen LogP contribution in [0.5, 0.6) is 5.75 Å². The lowest BCUT2D eigenvalue weighted by molar-refractivity contribution is -0.153. The first-order valence-corrected chi connectivity index (χ1v) is 8.64. The van der Waals surface area contributed by atoms with Crippen molar-refractivity contribution in [3.8, 4) is 5.75 Å². The third kappa shape index (κ3) is 4.63. The fourth-order valence-corrected chi connectivity index (χ4v) is 2.86. The van der Waals surface area contributed by atoms with Crippen molar-refractivity contribution in [1.82, 2.24) is 0 Å². The molecule has 0 aliphatic heterocycles. The van der Waals surface area contributed by atoms with E-state index in [1.54, 1.807) is 45.2 Å². The molecule has 2 rings (SSSR count). The lowest BCUT2D eigenvalue weighted by Gasteiger charge is -2.25. The normalized spacial score (nSPS) is 12.7. The summed E-state index contributed by atoms with van der Waals surface area (Å²) in [4.78, 5) is 25.5. The second-order valence-corrected chi connectivity index (χ2v) is 5.64. The minimum atomic E-state index is -0.803. The van der Waals surface area contributed by atoms with E-state index in [9.17, 15) is 9.59 Å². The average molecular weight is 356 g/mol. The van der Waals surface area contributed by atoms with Gasteiger partial charge >= 0.3 is 11.9 Å². The van der Waals surface area contributed by atoms with Gasteiger partial charge in [0.2, 0.25) is 0 Å². The number of hydrogen-bond donors (Lipinski definition) is 0. The summed E-state index contributed by atoms with van der Waals surface area (Å²) in [6, 6.07) is 16.2. The van der Waals surface area contributed by atoms with E-state index in [4.69, 9.17) is 14.2 Å². The largest absolute Gasteiger partial charge is 0.497 e. The van der Waals surface area contributed by atoms with Crippen molar-refractivity contribution in [2.45, 2.75) is 25.7 Å². The lowest BCUT2D eigenvalue weighted by atomic mass is 9.81. The van der Waals surface area contributed by atoms with Crippen molar-refractivity contribution < 1.29 is 23.8 Å². The SMILES string of the molecule is CCOC(=O)[C@H](c1ccc(OC)cc1)[C@@H](C(=O)OCC)c1ccccc1. The predicted octanol–water partition coefficient (Wildman–Crippen LogP) is 3.69. The molecule has 26 heavy (non-hydrogen) atoms. The van der Waals surface area contributed by atoms with Crippen LogP contribution >= 0.6 is 0 Å². The number of benzene rings is 2. The number of carbonyl (C=O) groups excluding carboxylic acids is 2. The molecule has 2 atom stereocenters. The van der Waals surface area contributed by atoms with Crippen molar-refractivity contribution in [3.63, 3.8) is 0 Å². The van der Waals surface area contributed by atoms with Gasteiger partial charge in [0.25, 0.3) is 0 Å². The quantitative estimate of drug-likeness (QED) is 0.675. The lowest BCUT2D eigenvalue weighted by Crippen LogP contribution is -2.29. The molecule has 138 valence electrons. The molecular weight excluding hydrogens is 332 g/mol. The van der Waals surface area contributed by atoms with E-state index in [1.807, 2.05) is 30.3 Å². The summed E-state index contributed by atoms with van der Waals surface area (Å²) >= 11 is 0. The highest BCUT2D eigenvalue weighted by atomic mass is 16.5. The number of methoxy groups -OCH3 is 1. The molecule has 0 radical (unpaired) electrons. The van der Waals surface area contributed by atoms with Crippen molar-refractivity contribution in [1.29, 1.82) is 0 Å². The van der Waals surface area contributed by atoms with E-state index in [1.165, 1.54) is 0 Å². The van der Waals surface area contributed by atoms with E-state index in [0.29, 0.717) is 16.9 Å². The Kier molecular flexibility index (Phi) is 7.21. The van der Waals surface area contributed by atoms with Crippen LogP contribution in [0.15, 0.2) is 54.6 Å².